The number of benzene rings is 3. The van der Waals surface area contributed by atoms with Gasteiger partial charge in [0.1, 0.15) is 11.9 Å². The van der Waals surface area contributed by atoms with E-state index in [9.17, 15) is 23.9 Å². The maximum absolute atomic E-state index is 14.5. The van der Waals surface area contributed by atoms with Crippen LogP contribution in [0.2, 0.25) is 0 Å². The lowest BCUT2D eigenvalue weighted by Crippen LogP contribution is -2.52. The number of imidazole rings is 1. The molecule has 0 saturated carbocycles. The van der Waals surface area contributed by atoms with Gasteiger partial charge in [0.25, 0.3) is 5.91 Å². The van der Waals surface area contributed by atoms with Gasteiger partial charge in [-0.1, -0.05) is 48.5 Å². The smallest absolute Gasteiger partial charge is 0.250 e. The number of nitrogens with one attached hydrogen (secondary N) is 4. The van der Waals surface area contributed by atoms with Crippen LogP contribution in [0, 0.1) is 5.82 Å². The van der Waals surface area contributed by atoms with Crippen molar-refractivity contribution >= 4 is 35.2 Å². The minimum Gasteiger partial charge on any atom is -0.392 e. The first-order valence-electron chi connectivity index (χ1n) is 15.8. The van der Waals surface area contributed by atoms with Crippen LogP contribution < -0.4 is 20.9 Å². The summed E-state index contributed by atoms with van der Waals surface area (Å²) in [6.07, 6.45) is 2.92. The summed E-state index contributed by atoms with van der Waals surface area (Å²) in [7, 11) is 0. The van der Waals surface area contributed by atoms with Gasteiger partial charge in [-0.25, -0.2) is 9.37 Å². The fraction of sp³-hybridized carbons (Fsp3) is 0.333. The van der Waals surface area contributed by atoms with E-state index in [1.807, 2.05) is 62.4 Å². The standard InChI is InChI=1S/C36H41FN6O4S/c1-23(44)17-41-36(2,3)16-34(46)42-30-21-48-32-13-12-27(37)14-31(32)43(35(30)47)20-24-8-10-25(11-9-24)29-7-5-4-6-26(29)18-39-33(45)15-28-19-38-22-40-28/h4-14,19,22-23,30,41,44H,15-18,20-21H2,1-3H3,(H,38,40)(H,39,45)(H,42,46)/t23-,30-/m1/s1. The Balaban J connectivity index is 1.30. The number of hydrogen-bond donors (Lipinski definition) is 5. The first-order valence-corrected chi connectivity index (χ1v) is 16.8. The third-order valence-electron chi connectivity index (χ3n) is 8.00. The minimum atomic E-state index is -0.819. The van der Waals surface area contributed by atoms with Gasteiger partial charge in [-0.15, -0.1) is 11.8 Å². The first kappa shape index (κ1) is 34.8. The lowest BCUT2D eigenvalue weighted by atomic mass is 9.98. The summed E-state index contributed by atoms with van der Waals surface area (Å²) in [5.41, 5.74) is 4.29. The van der Waals surface area contributed by atoms with Gasteiger partial charge < -0.3 is 30.9 Å². The zero-order chi connectivity index (χ0) is 34.3. The van der Waals surface area contributed by atoms with Gasteiger partial charge in [-0.2, -0.15) is 0 Å². The predicted octanol–water partition coefficient (Wildman–Crippen LogP) is 4.34. The maximum Gasteiger partial charge on any atom is 0.250 e. The van der Waals surface area contributed by atoms with E-state index >= 15 is 0 Å². The number of aliphatic hydroxyl groups excluding tert-OH is 1. The number of aliphatic hydroxyl groups is 1. The Labute approximate surface area is 283 Å². The van der Waals surface area contributed by atoms with Crippen LogP contribution in [0.25, 0.3) is 11.1 Å². The Morgan fingerprint density at radius 1 is 1.12 bits per heavy atom. The Kier molecular flexibility index (Phi) is 11.3. The number of hydrogen-bond acceptors (Lipinski definition) is 7. The van der Waals surface area contributed by atoms with Gasteiger partial charge in [0.15, 0.2) is 0 Å². The van der Waals surface area contributed by atoms with E-state index < -0.39 is 23.5 Å². The predicted molar refractivity (Wildman–Crippen MR) is 185 cm³/mol. The third kappa shape index (κ3) is 9.30. The number of halogens is 1. The molecule has 5 N–H and O–H groups in total. The number of β-amino-alcohol motifs (C(OH)–C–C–N with tert-alkyl or cyclic N) is 1. The van der Waals surface area contributed by atoms with Gasteiger partial charge in [-0.05, 0) is 61.2 Å². The number of carbonyl (C=O) groups is 3. The van der Waals surface area contributed by atoms with Crippen LogP contribution in [0.4, 0.5) is 10.1 Å². The molecule has 2 heterocycles. The maximum atomic E-state index is 14.5. The van der Waals surface area contributed by atoms with E-state index in [0.717, 1.165) is 32.8 Å². The van der Waals surface area contributed by atoms with Crippen molar-refractivity contribution in [3.05, 3.63) is 102 Å². The number of H-pyrrole nitrogens is 1. The van der Waals surface area contributed by atoms with Crippen molar-refractivity contribution in [1.29, 1.82) is 0 Å². The van der Waals surface area contributed by atoms with E-state index in [1.165, 1.54) is 23.9 Å². The van der Waals surface area contributed by atoms with Gasteiger partial charge in [0, 0.05) is 47.6 Å². The van der Waals surface area contributed by atoms with Crippen molar-refractivity contribution in [1.82, 2.24) is 25.9 Å². The Hall–Kier alpha value is -4.52. The fourth-order valence-corrected chi connectivity index (χ4v) is 6.57. The van der Waals surface area contributed by atoms with Gasteiger partial charge >= 0.3 is 0 Å². The summed E-state index contributed by atoms with van der Waals surface area (Å²) in [6, 6.07) is 19.2. The number of aromatic amines is 1. The van der Waals surface area contributed by atoms with Crippen LogP contribution in [0.1, 0.15) is 44.0 Å². The third-order valence-corrected chi connectivity index (χ3v) is 9.16. The molecule has 0 aliphatic carbocycles. The van der Waals surface area contributed by atoms with Crippen molar-refractivity contribution in [2.75, 3.05) is 17.2 Å². The minimum absolute atomic E-state index is 0.104. The lowest BCUT2D eigenvalue weighted by Gasteiger charge is -2.29. The molecule has 1 aliphatic rings. The molecule has 0 fully saturated rings. The summed E-state index contributed by atoms with van der Waals surface area (Å²) in [4.78, 5) is 48.7. The van der Waals surface area contributed by atoms with Crippen LogP contribution in [0.5, 0.6) is 0 Å². The highest BCUT2D eigenvalue weighted by molar-refractivity contribution is 7.99. The van der Waals surface area contributed by atoms with Gasteiger partial charge in [0.2, 0.25) is 11.8 Å². The molecule has 3 amide bonds. The number of rotatable bonds is 13. The van der Waals surface area contributed by atoms with Crippen molar-refractivity contribution in [2.24, 2.45) is 0 Å². The molecular weight excluding hydrogens is 631 g/mol. The summed E-state index contributed by atoms with van der Waals surface area (Å²) < 4.78 is 14.5. The normalized spacial score (nSPS) is 15.4. The molecule has 0 radical (unpaired) electrons. The van der Waals surface area contributed by atoms with E-state index in [0.29, 0.717) is 24.5 Å². The quantitative estimate of drug-likeness (QED) is 0.143. The highest BCUT2D eigenvalue weighted by Gasteiger charge is 2.33. The SMILES string of the molecule is C[C@@H](O)CNC(C)(C)CC(=O)N[C@@H]1CSc2ccc(F)cc2N(Cc2ccc(-c3ccccc3CNC(=O)Cc3cnc[nH]3)cc2)C1=O. The van der Waals surface area contributed by atoms with Crippen LogP contribution in [-0.2, 0) is 33.9 Å². The van der Waals surface area contributed by atoms with Crippen LogP contribution in [-0.4, -0.2) is 62.8 Å². The summed E-state index contributed by atoms with van der Waals surface area (Å²) in [6.45, 7) is 6.26. The highest BCUT2D eigenvalue weighted by Crippen LogP contribution is 2.36. The molecule has 5 rings (SSSR count). The van der Waals surface area contributed by atoms with E-state index in [2.05, 4.69) is 25.9 Å². The molecule has 4 aromatic rings. The van der Waals surface area contributed by atoms with Crippen LogP contribution in [0.3, 0.4) is 0 Å². The second-order valence-corrected chi connectivity index (χ2v) is 13.7. The molecule has 0 bridgehead atoms. The molecule has 0 unspecified atom stereocenters. The zero-order valence-electron chi connectivity index (χ0n) is 27.3. The van der Waals surface area contributed by atoms with Crippen molar-refractivity contribution in [2.45, 2.75) is 69.3 Å². The molecule has 12 heteroatoms. The largest absolute Gasteiger partial charge is 0.392 e. The topological polar surface area (TPSA) is 139 Å². The molecule has 3 aromatic carbocycles. The highest BCUT2D eigenvalue weighted by atomic mass is 32.2. The number of carbonyl (C=O) groups excluding carboxylic acids is 3. The average Bonchev–Trinajstić information content (AvgIpc) is 3.53. The Bertz CT molecular complexity index is 1730. The summed E-state index contributed by atoms with van der Waals surface area (Å²) in [5, 5.41) is 18.7. The molecule has 48 heavy (non-hydrogen) atoms. The molecular formula is C36H41FN6O4S. The molecule has 252 valence electrons. The average molecular weight is 673 g/mol. The summed E-state index contributed by atoms with van der Waals surface area (Å²) in [5.74, 6) is -0.892. The molecule has 1 aliphatic heterocycles. The summed E-state index contributed by atoms with van der Waals surface area (Å²) >= 11 is 1.40. The van der Waals surface area contributed by atoms with Gasteiger partial charge in [-0.3, -0.25) is 14.4 Å². The number of aromatic nitrogens is 2. The lowest BCUT2D eigenvalue weighted by molar-refractivity contribution is -0.128. The van der Waals surface area contributed by atoms with Gasteiger partial charge in [0.05, 0.1) is 31.1 Å². The number of thioether (sulfide) groups is 1. The van der Waals surface area contributed by atoms with E-state index in [-0.39, 0.29) is 37.1 Å². The molecule has 0 spiro atoms. The van der Waals surface area contributed by atoms with Crippen LogP contribution in [0.15, 0.2) is 84.1 Å². The Morgan fingerprint density at radius 3 is 2.62 bits per heavy atom. The molecule has 1 aromatic heterocycles. The molecule has 10 nitrogen and oxygen atoms in total. The zero-order valence-corrected chi connectivity index (χ0v) is 28.1. The van der Waals surface area contributed by atoms with Crippen molar-refractivity contribution in [3.8, 4) is 11.1 Å². The number of anilines is 1. The monoisotopic (exact) mass is 672 g/mol. The molecule has 2 atom stereocenters. The number of amides is 3. The second-order valence-electron chi connectivity index (χ2n) is 12.6. The molecule has 0 saturated heterocycles. The fourth-order valence-electron chi connectivity index (χ4n) is 5.51. The Morgan fingerprint density at radius 2 is 1.90 bits per heavy atom. The first-order chi connectivity index (χ1) is 23.0. The second kappa shape index (κ2) is 15.6. The van der Waals surface area contributed by atoms with E-state index in [1.54, 1.807) is 30.4 Å². The van der Waals surface area contributed by atoms with E-state index in [4.69, 9.17) is 0 Å². The number of fused-ring (bicyclic) bond motifs is 1. The van der Waals surface area contributed by atoms with Crippen molar-refractivity contribution in [3.63, 3.8) is 0 Å². The number of nitrogens with zero attached hydrogens (tertiary/aromatic N) is 2. The van der Waals surface area contributed by atoms with Crippen molar-refractivity contribution < 1.29 is 23.9 Å². The van der Waals surface area contributed by atoms with Crippen LogP contribution >= 0.6 is 11.8 Å².